The van der Waals surface area contributed by atoms with Gasteiger partial charge in [0.2, 0.25) is 5.91 Å². The number of amides is 1. The minimum atomic E-state index is -0.0119. The Morgan fingerprint density at radius 1 is 1.40 bits per heavy atom. The van der Waals surface area contributed by atoms with Crippen molar-refractivity contribution in [3.8, 4) is 0 Å². The smallest absolute Gasteiger partial charge is 0.220 e. The molecule has 2 aliphatic heterocycles. The third-order valence-corrected chi connectivity index (χ3v) is 4.55. The molecular formula is C16H23N3O. The van der Waals surface area contributed by atoms with Crippen LogP contribution in [0.25, 0.3) is 0 Å². The summed E-state index contributed by atoms with van der Waals surface area (Å²) >= 11 is 0. The Morgan fingerprint density at radius 3 is 2.80 bits per heavy atom. The van der Waals surface area contributed by atoms with E-state index in [1.807, 2.05) is 25.1 Å². The van der Waals surface area contributed by atoms with E-state index in [9.17, 15) is 4.79 Å². The van der Waals surface area contributed by atoms with E-state index >= 15 is 0 Å². The quantitative estimate of drug-likeness (QED) is 0.884. The maximum absolute atomic E-state index is 12.2. The zero-order chi connectivity index (χ0) is 13.9. The third-order valence-electron chi connectivity index (χ3n) is 4.55. The lowest BCUT2D eigenvalue weighted by atomic mass is 9.89. The second-order valence-electron chi connectivity index (χ2n) is 6.22. The SMILES string of the molecule is CC(NC(=O)CC1CC2CCC(C1)N2)c1ccccn1. The molecule has 3 rings (SSSR count). The average molecular weight is 273 g/mol. The molecule has 2 fully saturated rings. The minimum absolute atomic E-state index is 0.0119. The van der Waals surface area contributed by atoms with Crippen LogP contribution < -0.4 is 10.6 Å². The van der Waals surface area contributed by atoms with Crippen molar-refractivity contribution in [3.05, 3.63) is 30.1 Å². The van der Waals surface area contributed by atoms with E-state index in [0.717, 1.165) is 18.5 Å². The van der Waals surface area contributed by atoms with Crippen LogP contribution >= 0.6 is 0 Å². The fourth-order valence-corrected chi connectivity index (χ4v) is 3.61. The van der Waals surface area contributed by atoms with E-state index in [0.29, 0.717) is 24.4 Å². The van der Waals surface area contributed by atoms with E-state index in [1.54, 1.807) is 6.20 Å². The van der Waals surface area contributed by atoms with Gasteiger partial charge in [-0.1, -0.05) is 6.07 Å². The molecule has 2 bridgehead atoms. The van der Waals surface area contributed by atoms with Crippen molar-refractivity contribution in [1.82, 2.24) is 15.6 Å². The van der Waals surface area contributed by atoms with Gasteiger partial charge in [-0.3, -0.25) is 9.78 Å². The summed E-state index contributed by atoms with van der Waals surface area (Å²) in [6.07, 6.45) is 7.30. The number of hydrogen-bond acceptors (Lipinski definition) is 3. The van der Waals surface area contributed by atoms with Gasteiger partial charge in [0.1, 0.15) is 0 Å². The van der Waals surface area contributed by atoms with Crippen LogP contribution in [0.4, 0.5) is 0 Å². The summed E-state index contributed by atoms with van der Waals surface area (Å²) in [6.45, 7) is 1.99. The average Bonchev–Trinajstić information content (AvgIpc) is 2.78. The number of piperidine rings is 1. The summed E-state index contributed by atoms with van der Waals surface area (Å²) in [5, 5.41) is 6.69. The lowest BCUT2D eigenvalue weighted by molar-refractivity contribution is -0.123. The number of carbonyl (C=O) groups excluding carboxylic acids is 1. The molecule has 20 heavy (non-hydrogen) atoms. The topological polar surface area (TPSA) is 54.0 Å². The second kappa shape index (κ2) is 5.92. The van der Waals surface area contributed by atoms with E-state index in [1.165, 1.54) is 12.8 Å². The van der Waals surface area contributed by atoms with Crippen LogP contribution in [-0.2, 0) is 4.79 Å². The maximum atomic E-state index is 12.2. The Balaban J connectivity index is 1.50. The Bertz CT molecular complexity index is 450. The van der Waals surface area contributed by atoms with Gasteiger partial charge in [-0.15, -0.1) is 0 Å². The highest BCUT2D eigenvalue weighted by atomic mass is 16.1. The van der Waals surface area contributed by atoms with Crippen molar-refractivity contribution in [3.63, 3.8) is 0 Å². The Kier molecular flexibility index (Phi) is 4.01. The maximum Gasteiger partial charge on any atom is 0.220 e. The number of nitrogens with zero attached hydrogens (tertiary/aromatic N) is 1. The van der Waals surface area contributed by atoms with Crippen molar-refractivity contribution in [2.75, 3.05) is 0 Å². The number of carbonyl (C=O) groups is 1. The van der Waals surface area contributed by atoms with Crippen molar-refractivity contribution >= 4 is 5.91 Å². The molecular weight excluding hydrogens is 250 g/mol. The van der Waals surface area contributed by atoms with Crippen molar-refractivity contribution in [2.45, 2.75) is 57.2 Å². The number of fused-ring (bicyclic) bond motifs is 2. The van der Waals surface area contributed by atoms with Crippen LogP contribution in [0, 0.1) is 5.92 Å². The molecule has 2 N–H and O–H groups in total. The predicted octanol–water partition coefficient (Wildman–Crippen LogP) is 2.18. The number of nitrogens with one attached hydrogen (secondary N) is 2. The third kappa shape index (κ3) is 3.18. The van der Waals surface area contributed by atoms with Gasteiger partial charge in [0, 0.05) is 24.7 Å². The van der Waals surface area contributed by atoms with Gasteiger partial charge in [-0.05, 0) is 50.7 Å². The molecule has 108 valence electrons. The fourth-order valence-electron chi connectivity index (χ4n) is 3.61. The molecule has 1 amide bonds. The highest BCUT2D eigenvalue weighted by Gasteiger charge is 2.34. The Labute approximate surface area is 120 Å². The molecule has 3 atom stereocenters. The summed E-state index contributed by atoms with van der Waals surface area (Å²) in [6, 6.07) is 7.09. The second-order valence-corrected chi connectivity index (χ2v) is 6.22. The van der Waals surface area contributed by atoms with Gasteiger partial charge in [0.25, 0.3) is 0 Å². The first-order chi connectivity index (χ1) is 9.70. The molecule has 4 heteroatoms. The van der Waals surface area contributed by atoms with Crippen LogP contribution in [0.3, 0.4) is 0 Å². The lowest BCUT2D eigenvalue weighted by Crippen LogP contribution is -2.40. The molecule has 1 aromatic rings. The molecule has 0 saturated carbocycles. The molecule has 2 saturated heterocycles. The normalized spacial score (nSPS) is 29.9. The van der Waals surface area contributed by atoms with E-state index < -0.39 is 0 Å². The fraction of sp³-hybridized carbons (Fsp3) is 0.625. The van der Waals surface area contributed by atoms with Gasteiger partial charge in [0.05, 0.1) is 11.7 Å². The largest absolute Gasteiger partial charge is 0.348 e. The van der Waals surface area contributed by atoms with Crippen LogP contribution in [0.5, 0.6) is 0 Å². The van der Waals surface area contributed by atoms with Gasteiger partial charge in [0.15, 0.2) is 0 Å². The highest BCUT2D eigenvalue weighted by molar-refractivity contribution is 5.76. The Hall–Kier alpha value is -1.42. The summed E-state index contributed by atoms with van der Waals surface area (Å²) in [5.41, 5.74) is 0.922. The number of pyridine rings is 1. The zero-order valence-electron chi connectivity index (χ0n) is 12.0. The first kappa shape index (κ1) is 13.6. The monoisotopic (exact) mass is 273 g/mol. The molecule has 3 unspecified atom stereocenters. The highest BCUT2D eigenvalue weighted by Crippen LogP contribution is 2.32. The molecule has 4 nitrogen and oxygen atoms in total. The Morgan fingerprint density at radius 2 is 2.15 bits per heavy atom. The molecule has 0 radical (unpaired) electrons. The first-order valence-electron chi connectivity index (χ1n) is 7.67. The van der Waals surface area contributed by atoms with E-state index in [4.69, 9.17) is 0 Å². The summed E-state index contributed by atoms with van der Waals surface area (Å²) in [7, 11) is 0. The van der Waals surface area contributed by atoms with Crippen molar-refractivity contribution in [2.24, 2.45) is 5.92 Å². The lowest BCUT2D eigenvalue weighted by Gasteiger charge is -2.29. The predicted molar refractivity (Wildman–Crippen MR) is 78.1 cm³/mol. The number of hydrogen-bond donors (Lipinski definition) is 2. The molecule has 0 aliphatic carbocycles. The van der Waals surface area contributed by atoms with E-state index in [-0.39, 0.29) is 11.9 Å². The molecule has 3 heterocycles. The summed E-state index contributed by atoms with van der Waals surface area (Å²) in [4.78, 5) is 16.5. The minimum Gasteiger partial charge on any atom is -0.348 e. The van der Waals surface area contributed by atoms with Crippen LogP contribution in [-0.4, -0.2) is 23.0 Å². The number of rotatable bonds is 4. The zero-order valence-corrected chi connectivity index (χ0v) is 12.0. The summed E-state index contributed by atoms with van der Waals surface area (Å²) in [5.74, 6) is 0.708. The van der Waals surface area contributed by atoms with Crippen molar-refractivity contribution < 1.29 is 4.79 Å². The molecule has 1 aromatic heterocycles. The van der Waals surface area contributed by atoms with Gasteiger partial charge >= 0.3 is 0 Å². The van der Waals surface area contributed by atoms with Crippen LogP contribution in [0.15, 0.2) is 24.4 Å². The summed E-state index contributed by atoms with van der Waals surface area (Å²) < 4.78 is 0. The molecule has 0 spiro atoms. The van der Waals surface area contributed by atoms with Crippen LogP contribution in [0.2, 0.25) is 0 Å². The first-order valence-corrected chi connectivity index (χ1v) is 7.67. The van der Waals surface area contributed by atoms with Crippen LogP contribution in [0.1, 0.15) is 50.8 Å². The van der Waals surface area contributed by atoms with Gasteiger partial charge < -0.3 is 10.6 Å². The van der Waals surface area contributed by atoms with Gasteiger partial charge in [-0.2, -0.15) is 0 Å². The van der Waals surface area contributed by atoms with Crippen molar-refractivity contribution in [1.29, 1.82) is 0 Å². The van der Waals surface area contributed by atoms with E-state index in [2.05, 4.69) is 15.6 Å². The number of aromatic nitrogens is 1. The molecule has 0 aromatic carbocycles. The standard InChI is InChI=1S/C16H23N3O/c1-11(15-4-2-3-7-17-15)18-16(20)10-12-8-13-5-6-14(9-12)19-13/h2-4,7,11-14,19H,5-6,8-10H2,1H3,(H,18,20). The molecule has 2 aliphatic rings. The van der Waals surface area contributed by atoms with Gasteiger partial charge in [-0.25, -0.2) is 0 Å².